The number of carbonyl (C=O) groups excluding carboxylic acids is 1. The lowest BCUT2D eigenvalue weighted by Crippen LogP contribution is -2.35. The highest BCUT2D eigenvalue weighted by Gasteiger charge is 2.25. The molecule has 0 unspecified atom stereocenters. The molecule has 1 aromatic carbocycles. The third-order valence-corrected chi connectivity index (χ3v) is 3.18. The molecule has 18 heavy (non-hydrogen) atoms. The Morgan fingerprint density at radius 2 is 2.06 bits per heavy atom. The predicted octanol–water partition coefficient (Wildman–Crippen LogP) is 2.67. The molecule has 1 aromatic rings. The Kier molecular flexibility index (Phi) is 4.76. The van der Waals surface area contributed by atoms with Gasteiger partial charge in [-0.15, -0.1) is 0 Å². The van der Waals surface area contributed by atoms with Crippen LogP contribution in [-0.4, -0.2) is 19.6 Å². The van der Waals surface area contributed by atoms with Crippen LogP contribution in [-0.2, 0) is 16.6 Å². The number of hydrogen-bond donors (Lipinski definition) is 1. The van der Waals surface area contributed by atoms with Gasteiger partial charge in [0.25, 0.3) is 0 Å². The van der Waals surface area contributed by atoms with Crippen molar-refractivity contribution >= 4 is 5.91 Å². The number of rotatable bonds is 5. The summed E-state index contributed by atoms with van der Waals surface area (Å²) in [5.41, 5.74) is 2.27. The molecule has 100 valence electrons. The number of benzene rings is 1. The number of hydrogen-bond acceptors (Lipinski definition) is 2. The van der Waals surface area contributed by atoms with Crippen molar-refractivity contribution in [3.63, 3.8) is 0 Å². The number of aryl methyl sites for hydroxylation is 1. The molecule has 0 saturated heterocycles. The Labute approximate surface area is 110 Å². The van der Waals surface area contributed by atoms with Crippen LogP contribution in [0.4, 0.5) is 0 Å². The summed E-state index contributed by atoms with van der Waals surface area (Å²) in [5.74, 6) is 0.872. The standard InChI is InChI=1S/C15H23NO2/c1-6-12-7-8-14(18-5)13(9-12)15(3,4)10-16-11(2)17/h7-9H,6,10H2,1-5H3,(H,16,17). The van der Waals surface area contributed by atoms with Crippen LogP contribution < -0.4 is 10.1 Å². The van der Waals surface area contributed by atoms with E-state index in [9.17, 15) is 4.79 Å². The molecule has 0 aliphatic carbocycles. The number of ether oxygens (including phenoxy) is 1. The average molecular weight is 249 g/mol. The fourth-order valence-corrected chi connectivity index (χ4v) is 1.94. The Morgan fingerprint density at radius 1 is 1.39 bits per heavy atom. The Hall–Kier alpha value is -1.51. The van der Waals surface area contributed by atoms with Crippen LogP contribution in [0, 0.1) is 0 Å². The topological polar surface area (TPSA) is 38.3 Å². The van der Waals surface area contributed by atoms with E-state index in [0.717, 1.165) is 17.7 Å². The van der Waals surface area contributed by atoms with Gasteiger partial charge in [-0.1, -0.05) is 32.9 Å². The highest BCUT2D eigenvalue weighted by atomic mass is 16.5. The van der Waals surface area contributed by atoms with Crippen molar-refractivity contribution in [3.8, 4) is 5.75 Å². The molecule has 0 saturated carbocycles. The van der Waals surface area contributed by atoms with Crippen molar-refractivity contribution in [1.82, 2.24) is 5.32 Å². The fraction of sp³-hybridized carbons (Fsp3) is 0.533. The lowest BCUT2D eigenvalue weighted by atomic mass is 9.83. The molecule has 1 N–H and O–H groups in total. The van der Waals surface area contributed by atoms with Crippen molar-refractivity contribution in [2.24, 2.45) is 0 Å². The zero-order valence-electron chi connectivity index (χ0n) is 12.0. The van der Waals surface area contributed by atoms with Gasteiger partial charge in [0.05, 0.1) is 7.11 Å². The van der Waals surface area contributed by atoms with Crippen molar-refractivity contribution in [3.05, 3.63) is 29.3 Å². The van der Waals surface area contributed by atoms with Gasteiger partial charge in [-0.05, 0) is 18.1 Å². The van der Waals surface area contributed by atoms with E-state index in [1.54, 1.807) is 7.11 Å². The van der Waals surface area contributed by atoms with E-state index >= 15 is 0 Å². The van der Waals surface area contributed by atoms with Crippen LogP contribution in [0.15, 0.2) is 18.2 Å². The molecule has 0 aromatic heterocycles. The van der Waals surface area contributed by atoms with Gasteiger partial charge in [0.1, 0.15) is 5.75 Å². The van der Waals surface area contributed by atoms with Gasteiger partial charge in [0, 0.05) is 24.4 Å². The summed E-state index contributed by atoms with van der Waals surface area (Å²) >= 11 is 0. The molecule has 0 aliphatic rings. The highest BCUT2D eigenvalue weighted by molar-refractivity contribution is 5.73. The molecule has 3 nitrogen and oxygen atoms in total. The molecule has 0 heterocycles. The van der Waals surface area contributed by atoms with E-state index in [4.69, 9.17) is 4.74 Å². The van der Waals surface area contributed by atoms with Gasteiger partial charge in [-0.3, -0.25) is 4.79 Å². The van der Waals surface area contributed by atoms with E-state index in [-0.39, 0.29) is 11.3 Å². The van der Waals surface area contributed by atoms with E-state index in [2.05, 4.69) is 38.2 Å². The molecule has 3 heteroatoms. The van der Waals surface area contributed by atoms with Crippen molar-refractivity contribution in [1.29, 1.82) is 0 Å². The molecule has 0 spiro atoms. The molecule has 0 bridgehead atoms. The summed E-state index contributed by atoms with van der Waals surface area (Å²) in [5, 5.41) is 2.88. The Morgan fingerprint density at radius 3 is 2.56 bits per heavy atom. The van der Waals surface area contributed by atoms with Gasteiger partial charge in [-0.25, -0.2) is 0 Å². The number of nitrogens with one attached hydrogen (secondary N) is 1. The summed E-state index contributed by atoms with van der Waals surface area (Å²) in [4.78, 5) is 11.1. The third kappa shape index (κ3) is 3.49. The first-order chi connectivity index (χ1) is 8.40. The molecule has 0 atom stereocenters. The van der Waals surface area contributed by atoms with E-state index in [0.29, 0.717) is 6.54 Å². The summed E-state index contributed by atoms with van der Waals surface area (Å²) in [6, 6.07) is 6.25. The molecule has 0 radical (unpaired) electrons. The normalized spacial score (nSPS) is 11.2. The van der Waals surface area contributed by atoms with Crippen LogP contribution in [0.25, 0.3) is 0 Å². The second-order valence-electron chi connectivity index (χ2n) is 5.18. The first kappa shape index (κ1) is 14.6. The fourth-order valence-electron chi connectivity index (χ4n) is 1.94. The number of amides is 1. The zero-order chi connectivity index (χ0) is 13.8. The van der Waals surface area contributed by atoms with Crippen LogP contribution >= 0.6 is 0 Å². The van der Waals surface area contributed by atoms with Gasteiger partial charge >= 0.3 is 0 Å². The quantitative estimate of drug-likeness (QED) is 0.871. The minimum atomic E-state index is -0.151. The van der Waals surface area contributed by atoms with Crippen LogP contribution in [0.3, 0.4) is 0 Å². The number of carbonyl (C=O) groups is 1. The van der Waals surface area contributed by atoms with Crippen LogP contribution in [0.1, 0.15) is 38.8 Å². The third-order valence-electron chi connectivity index (χ3n) is 3.18. The summed E-state index contributed by atoms with van der Waals surface area (Å²) in [6.45, 7) is 8.49. The summed E-state index contributed by atoms with van der Waals surface area (Å²) in [6.07, 6.45) is 0.993. The van der Waals surface area contributed by atoms with Crippen molar-refractivity contribution < 1.29 is 9.53 Å². The van der Waals surface area contributed by atoms with E-state index < -0.39 is 0 Å². The lowest BCUT2D eigenvalue weighted by Gasteiger charge is -2.27. The Bertz CT molecular complexity index is 425. The SMILES string of the molecule is CCc1ccc(OC)c(C(C)(C)CNC(C)=O)c1. The van der Waals surface area contributed by atoms with Crippen molar-refractivity contribution in [2.45, 2.75) is 39.5 Å². The molecule has 1 amide bonds. The lowest BCUT2D eigenvalue weighted by molar-refractivity contribution is -0.119. The first-order valence-electron chi connectivity index (χ1n) is 6.32. The zero-order valence-corrected chi connectivity index (χ0v) is 12.0. The second kappa shape index (κ2) is 5.89. The van der Waals surface area contributed by atoms with Gasteiger partial charge in [0.15, 0.2) is 0 Å². The molecule has 1 rings (SSSR count). The van der Waals surface area contributed by atoms with Crippen LogP contribution in [0.2, 0.25) is 0 Å². The summed E-state index contributed by atoms with van der Waals surface area (Å²) in [7, 11) is 1.68. The van der Waals surface area contributed by atoms with Gasteiger partial charge < -0.3 is 10.1 Å². The predicted molar refractivity (Wildman–Crippen MR) is 74.1 cm³/mol. The largest absolute Gasteiger partial charge is 0.496 e. The van der Waals surface area contributed by atoms with E-state index in [1.807, 2.05) is 6.07 Å². The summed E-state index contributed by atoms with van der Waals surface area (Å²) < 4.78 is 5.43. The van der Waals surface area contributed by atoms with E-state index in [1.165, 1.54) is 12.5 Å². The highest BCUT2D eigenvalue weighted by Crippen LogP contribution is 2.32. The second-order valence-corrected chi connectivity index (χ2v) is 5.18. The maximum absolute atomic E-state index is 11.1. The van der Waals surface area contributed by atoms with Crippen LogP contribution in [0.5, 0.6) is 5.75 Å². The average Bonchev–Trinajstić information content (AvgIpc) is 2.35. The monoisotopic (exact) mass is 249 g/mol. The van der Waals surface area contributed by atoms with Crippen molar-refractivity contribution in [2.75, 3.05) is 13.7 Å². The minimum Gasteiger partial charge on any atom is -0.496 e. The maximum Gasteiger partial charge on any atom is 0.216 e. The Balaban J connectivity index is 3.07. The smallest absolute Gasteiger partial charge is 0.216 e. The molecular formula is C15H23NO2. The molecule has 0 fully saturated rings. The molecular weight excluding hydrogens is 226 g/mol. The van der Waals surface area contributed by atoms with Gasteiger partial charge in [0.2, 0.25) is 5.91 Å². The number of methoxy groups -OCH3 is 1. The first-order valence-corrected chi connectivity index (χ1v) is 6.32. The molecule has 0 aliphatic heterocycles. The maximum atomic E-state index is 11.1. The minimum absolute atomic E-state index is 0.00584. The van der Waals surface area contributed by atoms with Gasteiger partial charge in [-0.2, -0.15) is 0 Å².